The SMILES string of the molecule is COc1cccc(Cc2nnc(NC(=O)c3cn(C4CCNCC4)nn3)s2)c1.Cl. The third-order valence-electron chi connectivity index (χ3n) is 4.60. The number of halogens is 1. The van der Waals surface area contributed by atoms with Crippen molar-refractivity contribution < 1.29 is 9.53 Å². The molecule has 0 atom stereocenters. The molecule has 3 aromatic rings. The number of hydrogen-bond donors (Lipinski definition) is 2. The molecule has 9 nitrogen and oxygen atoms in total. The summed E-state index contributed by atoms with van der Waals surface area (Å²) in [6.45, 7) is 1.90. The largest absolute Gasteiger partial charge is 0.497 e. The van der Waals surface area contributed by atoms with Gasteiger partial charge in [0, 0.05) is 6.42 Å². The maximum Gasteiger partial charge on any atom is 0.279 e. The Balaban J connectivity index is 0.00000240. The number of carbonyl (C=O) groups is 1. The van der Waals surface area contributed by atoms with Crippen molar-refractivity contribution in [3.8, 4) is 5.75 Å². The van der Waals surface area contributed by atoms with E-state index in [0.717, 1.165) is 42.3 Å². The first-order valence-electron chi connectivity index (χ1n) is 9.10. The number of methoxy groups -OCH3 is 1. The van der Waals surface area contributed by atoms with Gasteiger partial charge in [0.05, 0.1) is 19.3 Å². The van der Waals surface area contributed by atoms with E-state index in [1.165, 1.54) is 11.3 Å². The van der Waals surface area contributed by atoms with Crippen LogP contribution in [0.3, 0.4) is 0 Å². The van der Waals surface area contributed by atoms with Crippen LogP contribution in [0, 0.1) is 0 Å². The minimum Gasteiger partial charge on any atom is -0.497 e. The molecule has 2 aromatic heterocycles. The molecule has 0 unspecified atom stereocenters. The highest BCUT2D eigenvalue weighted by molar-refractivity contribution is 7.15. The van der Waals surface area contributed by atoms with E-state index in [1.54, 1.807) is 18.0 Å². The van der Waals surface area contributed by atoms with E-state index in [-0.39, 0.29) is 30.0 Å². The number of nitrogens with zero attached hydrogens (tertiary/aromatic N) is 5. The molecule has 0 radical (unpaired) electrons. The Hall–Kier alpha value is -2.56. The molecule has 1 aromatic carbocycles. The summed E-state index contributed by atoms with van der Waals surface area (Å²) >= 11 is 1.34. The minimum absolute atomic E-state index is 0. The Kier molecular flexibility index (Phi) is 7.13. The summed E-state index contributed by atoms with van der Waals surface area (Å²) < 4.78 is 7.02. The number of piperidine rings is 1. The molecule has 0 aliphatic carbocycles. The van der Waals surface area contributed by atoms with E-state index in [1.807, 2.05) is 24.3 Å². The predicted molar refractivity (Wildman–Crippen MR) is 112 cm³/mol. The zero-order valence-electron chi connectivity index (χ0n) is 15.9. The second-order valence-corrected chi connectivity index (χ2v) is 7.61. The number of anilines is 1. The van der Waals surface area contributed by atoms with Crippen molar-refractivity contribution >= 4 is 34.8 Å². The average molecular weight is 436 g/mol. The lowest BCUT2D eigenvalue weighted by Crippen LogP contribution is -2.29. The first kappa shape index (κ1) is 21.2. The highest BCUT2D eigenvalue weighted by Crippen LogP contribution is 2.22. The summed E-state index contributed by atoms with van der Waals surface area (Å²) in [6.07, 6.45) is 4.28. The fourth-order valence-corrected chi connectivity index (χ4v) is 3.89. The quantitative estimate of drug-likeness (QED) is 0.611. The monoisotopic (exact) mass is 435 g/mol. The topological polar surface area (TPSA) is 107 Å². The lowest BCUT2D eigenvalue weighted by Gasteiger charge is -2.21. The van der Waals surface area contributed by atoms with Crippen LogP contribution in [0.25, 0.3) is 0 Å². The lowest BCUT2D eigenvalue weighted by atomic mass is 10.1. The van der Waals surface area contributed by atoms with Crippen molar-refractivity contribution in [3.05, 3.63) is 46.7 Å². The van der Waals surface area contributed by atoms with Crippen molar-refractivity contribution in [1.29, 1.82) is 0 Å². The van der Waals surface area contributed by atoms with Gasteiger partial charge in [-0.05, 0) is 43.6 Å². The van der Waals surface area contributed by atoms with Gasteiger partial charge in [0.25, 0.3) is 5.91 Å². The van der Waals surface area contributed by atoms with Gasteiger partial charge < -0.3 is 10.1 Å². The van der Waals surface area contributed by atoms with Crippen molar-refractivity contribution in [1.82, 2.24) is 30.5 Å². The number of ether oxygens (including phenoxy) is 1. The van der Waals surface area contributed by atoms with Gasteiger partial charge in [-0.2, -0.15) is 0 Å². The maximum absolute atomic E-state index is 12.4. The van der Waals surface area contributed by atoms with Crippen LogP contribution in [0.2, 0.25) is 0 Å². The van der Waals surface area contributed by atoms with Crippen LogP contribution in [0.1, 0.15) is 39.9 Å². The Bertz CT molecular complexity index is 955. The number of benzene rings is 1. The predicted octanol–water partition coefficient (Wildman–Crippen LogP) is 2.33. The molecular weight excluding hydrogens is 414 g/mol. The van der Waals surface area contributed by atoms with Gasteiger partial charge in [0.1, 0.15) is 10.8 Å². The molecule has 154 valence electrons. The van der Waals surface area contributed by atoms with Crippen LogP contribution in [-0.2, 0) is 6.42 Å². The zero-order valence-corrected chi connectivity index (χ0v) is 17.5. The molecule has 0 bridgehead atoms. The van der Waals surface area contributed by atoms with E-state index >= 15 is 0 Å². The zero-order chi connectivity index (χ0) is 19.3. The van der Waals surface area contributed by atoms with Gasteiger partial charge in [-0.1, -0.05) is 28.7 Å². The van der Waals surface area contributed by atoms with Crippen LogP contribution in [0.4, 0.5) is 5.13 Å². The third kappa shape index (κ3) is 5.28. The molecule has 11 heteroatoms. The number of hydrogen-bond acceptors (Lipinski definition) is 8. The smallest absolute Gasteiger partial charge is 0.279 e. The number of amides is 1. The summed E-state index contributed by atoms with van der Waals surface area (Å²) in [5.74, 6) is 0.469. The van der Waals surface area contributed by atoms with Gasteiger partial charge >= 0.3 is 0 Å². The van der Waals surface area contributed by atoms with E-state index in [0.29, 0.717) is 11.6 Å². The van der Waals surface area contributed by atoms with Gasteiger partial charge in [0.2, 0.25) is 5.13 Å². The lowest BCUT2D eigenvalue weighted by molar-refractivity contribution is 0.102. The second-order valence-electron chi connectivity index (χ2n) is 6.55. The standard InChI is InChI=1S/C18H21N7O2S.ClH/c1-27-14-4-2-3-12(9-14)10-16-22-23-18(28-16)20-17(26)15-11-25(24-21-15)13-5-7-19-8-6-13;/h2-4,9,11,13,19H,5-8,10H2,1H3,(H,20,23,26);1H. The number of rotatable bonds is 6. The Morgan fingerprint density at radius 3 is 2.93 bits per heavy atom. The summed E-state index contributed by atoms with van der Waals surface area (Å²) in [6, 6.07) is 8.07. The molecule has 2 N–H and O–H groups in total. The average Bonchev–Trinajstić information content (AvgIpc) is 3.39. The van der Waals surface area contributed by atoms with Crippen molar-refractivity contribution in [2.45, 2.75) is 25.3 Å². The van der Waals surface area contributed by atoms with Gasteiger partial charge in [0.15, 0.2) is 5.69 Å². The summed E-state index contributed by atoms with van der Waals surface area (Å²) in [5, 5.41) is 23.7. The van der Waals surface area contributed by atoms with Gasteiger partial charge in [-0.3, -0.25) is 10.1 Å². The molecular formula is C18H22ClN7O2S. The molecule has 0 saturated carbocycles. The van der Waals surface area contributed by atoms with Crippen LogP contribution >= 0.6 is 23.7 Å². The molecule has 4 rings (SSSR count). The van der Waals surface area contributed by atoms with Crippen LogP contribution in [0.5, 0.6) is 5.75 Å². The minimum atomic E-state index is -0.329. The summed E-state index contributed by atoms with van der Waals surface area (Å²) in [5.41, 5.74) is 1.35. The molecule has 1 amide bonds. The molecule has 3 heterocycles. The molecule has 1 aliphatic rings. The van der Waals surface area contributed by atoms with Gasteiger partial charge in [-0.25, -0.2) is 4.68 Å². The fraction of sp³-hybridized carbons (Fsp3) is 0.389. The second kappa shape index (κ2) is 9.77. The molecule has 1 fully saturated rings. The third-order valence-corrected chi connectivity index (χ3v) is 5.44. The van der Waals surface area contributed by atoms with Gasteiger partial charge in [-0.15, -0.1) is 27.7 Å². The van der Waals surface area contributed by atoms with Crippen LogP contribution in [0.15, 0.2) is 30.5 Å². The van der Waals surface area contributed by atoms with Crippen molar-refractivity contribution in [2.24, 2.45) is 0 Å². The number of nitrogens with one attached hydrogen (secondary N) is 2. The number of carbonyl (C=O) groups excluding carboxylic acids is 1. The van der Waals surface area contributed by atoms with E-state index in [4.69, 9.17) is 4.74 Å². The van der Waals surface area contributed by atoms with E-state index < -0.39 is 0 Å². The van der Waals surface area contributed by atoms with E-state index in [2.05, 4.69) is 31.1 Å². The Labute approximate surface area is 178 Å². The summed E-state index contributed by atoms with van der Waals surface area (Å²) in [7, 11) is 1.64. The summed E-state index contributed by atoms with van der Waals surface area (Å²) in [4.78, 5) is 12.4. The fourth-order valence-electron chi connectivity index (χ4n) is 3.12. The molecule has 1 saturated heterocycles. The Morgan fingerprint density at radius 2 is 2.14 bits per heavy atom. The van der Waals surface area contributed by atoms with Crippen LogP contribution in [-0.4, -0.2) is 51.3 Å². The number of aromatic nitrogens is 5. The van der Waals surface area contributed by atoms with E-state index in [9.17, 15) is 4.79 Å². The van der Waals surface area contributed by atoms with Crippen molar-refractivity contribution in [2.75, 3.05) is 25.5 Å². The normalized spacial score (nSPS) is 14.2. The molecule has 0 spiro atoms. The maximum atomic E-state index is 12.4. The first-order valence-corrected chi connectivity index (χ1v) is 9.92. The highest BCUT2D eigenvalue weighted by Gasteiger charge is 2.19. The molecule has 29 heavy (non-hydrogen) atoms. The highest BCUT2D eigenvalue weighted by atomic mass is 35.5. The first-order chi connectivity index (χ1) is 13.7. The van der Waals surface area contributed by atoms with Crippen LogP contribution < -0.4 is 15.4 Å². The Morgan fingerprint density at radius 1 is 1.31 bits per heavy atom. The molecule has 1 aliphatic heterocycles. The van der Waals surface area contributed by atoms with Crippen molar-refractivity contribution in [3.63, 3.8) is 0 Å².